The average molecular weight is 519 g/mol. The van der Waals surface area contributed by atoms with E-state index in [2.05, 4.69) is 33.6 Å². The number of rotatable bonds is 18. The Kier molecular flexibility index (Phi) is 16.5. The number of nitrogens with zero attached hydrogens (tertiary/aromatic N) is 1. The number of nitrogens with two attached hydrogens (primary N) is 4. The Bertz CT molecular complexity index is 720. The van der Waals surface area contributed by atoms with Crippen LogP contribution in [0.4, 0.5) is 0 Å². The lowest BCUT2D eigenvalue weighted by molar-refractivity contribution is -0.143. The van der Waals surface area contributed by atoms with Crippen LogP contribution in [0.25, 0.3) is 0 Å². The molecule has 12 N–H and O–H groups in total. The Hall–Kier alpha value is -2.58. The van der Waals surface area contributed by atoms with Crippen LogP contribution < -0.4 is 38.9 Å². The molecule has 0 fully saturated rings. The Balaban J connectivity index is 5.35. The van der Waals surface area contributed by atoms with E-state index in [9.17, 15) is 24.3 Å². The topological polar surface area (TPSA) is 241 Å². The van der Waals surface area contributed by atoms with Crippen molar-refractivity contribution in [3.8, 4) is 0 Å². The molecule has 0 rings (SSSR count). The molecule has 5 atom stereocenters. The van der Waals surface area contributed by atoms with Crippen molar-refractivity contribution in [2.75, 3.05) is 18.8 Å². The first-order chi connectivity index (χ1) is 16.5. The van der Waals surface area contributed by atoms with Crippen molar-refractivity contribution in [3.05, 3.63) is 0 Å². The number of carbonyl (C=O) groups excluding carboxylic acids is 3. The monoisotopic (exact) mass is 518 g/mol. The molecule has 0 aliphatic rings. The molecule has 0 aromatic carbocycles. The predicted molar refractivity (Wildman–Crippen MR) is 138 cm³/mol. The van der Waals surface area contributed by atoms with Gasteiger partial charge in [-0.2, -0.15) is 12.6 Å². The van der Waals surface area contributed by atoms with Gasteiger partial charge >= 0.3 is 5.97 Å². The summed E-state index contributed by atoms with van der Waals surface area (Å²) in [6.45, 7) is 4.22. The van der Waals surface area contributed by atoms with Crippen LogP contribution in [0.1, 0.15) is 52.4 Å². The van der Waals surface area contributed by atoms with Gasteiger partial charge in [-0.15, -0.1) is 0 Å². The van der Waals surface area contributed by atoms with Gasteiger partial charge in [-0.1, -0.05) is 26.7 Å². The molecule has 5 unspecified atom stereocenters. The standard InChI is InChI=1S/C21H42N8O5S/c1-3-12(2)16(20(33)34)29-19(32)15(11-35)28-18(31)14(8-6-10-26-21(24)25)27-17(30)13(23)7-4-5-9-22/h12-16,35H,3-11,22-23H2,1-2H3,(H,27,30)(H,28,31)(H,29,32)(H,33,34)(H4,24,25,26). The highest BCUT2D eigenvalue weighted by Crippen LogP contribution is 2.09. The summed E-state index contributed by atoms with van der Waals surface area (Å²) in [4.78, 5) is 53.6. The van der Waals surface area contributed by atoms with Crippen LogP contribution in [0.3, 0.4) is 0 Å². The highest BCUT2D eigenvalue weighted by molar-refractivity contribution is 7.80. The number of aliphatic imine (C=N–C) groups is 1. The molecule has 0 saturated heterocycles. The largest absolute Gasteiger partial charge is 0.480 e. The maximum atomic E-state index is 13.0. The molecule has 0 aromatic heterocycles. The third kappa shape index (κ3) is 13.2. The number of guanidine groups is 1. The number of carboxylic acid groups (broad SMARTS) is 1. The fraction of sp³-hybridized carbons (Fsp3) is 0.762. The first-order valence-electron chi connectivity index (χ1n) is 11.7. The van der Waals surface area contributed by atoms with Gasteiger partial charge in [0.1, 0.15) is 18.1 Å². The Morgan fingerprint density at radius 3 is 2.06 bits per heavy atom. The average Bonchev–Trinajstić information content (AvgIpc) is 2.81. The van der Waals surface area contributed by atoms with E-state index in [1.807, 2.05) is 0 Å². The number of carboxylic acids is 1. The van der Waals surface area contributed by atoms with Gasteiger partial charge in [-0.3, -0.25) is 19.4 Å². The van der Waals surface area contributed by atoms with Crippen LogP contribution >= 0.6 is 12.6 Å². The first kappa shape index (κ1) is 32.4. The van der Waals surface area contributed by atoms with E-state index >= 15 is 0 Å². The summed E-state index contributed by atoms with van der Waals surface area (Å²) >= 11 is 4.12. The van der Waals surface area contributed by atoms with Gasteiger partial charge in [0.05, 0.1) is 6.04 Å². The molecule has 202 valence electrons. The maximum absolute atomic E-state index is 13.0. The second kappa shape index (κ2) is 17.8. The molecule has 0 aliphatic heterocycles. The van der Waals surface area contributed by atoms with Gasteiger partial charge in [0.2, 0.25) is 17.7 Å². The molecule has 0 bridgehead atoms. The lowest BCUT2D eigenvalue weighted by Crippen LogP contribution is -2.58. The molecule has 35 heavy (non-hydrogen) atoms. The zero-order valence-electron chi connectivity index (χ0n) is 20.5. The van der Waals surface area contributed by atoms with E-state index in [1.165, 1.54) is 0 Å². The van der Waals surface area contributed by atoms with Crippen LogP contribution in [0.5, 0.6) is 0 Å². The van der Waals surface area contributed by atoms with E-state index in [0.29, 0.717) is 32.2 Å². The summed E-state index contributed by atoms with van der Waals surface area (Å²) in [6.07, 6.45) is 2.86. The van der Waals surface area contributed by atoms with Crippen molar-refractivity contribution in [1.29, 1.82) is 0 Å². The molecule has 0 aliphatic carbocycles. The number of hydrogen-bond donors (Lipinski definition) is 9. The number of nitrogens with one attached hydrogen (secondary N) is 3. The predicted octanol–water partition coefficient (Wildman–Crippen LogP) is -1.99. The Labute approximate surface area is 212 Å². The summed E-state index contributed by atoms with van der Waals surface area (Å²) in [7, 11) is 0. The van der Waals surface area contributed by atoms with Gasteiger partial charge in [0.15, 0.2) is 5.96 Å². The number of unbranched alkanes of at least 4 members (excludes halogenated alkanes) is 1. The fourth-order valence-electron chi connectivity index (χ4n) is 3.09. The van der Waals surface area contributed by atoms with Crippen LogP contribution in [0.2, 0.25) is 0 Å². The highest BCUT2D eigenvalue weighted by atomic mass is 32.1. The molecular formula is C21H42N8O5S. The van der Waals surface area contributed by atoms with E-state index in [1.54, 1.807) is 13.8 Å². The highest BCUT2D eigenvalue weighted by Gasteiger charge is 2.31. The molecule has 0 heterocycles. The quantitative estimate of drug-likeness (QED) is 0.0421. The molecule has 0 aromatic rings. The van der Waals surface area contributed by atoms with Crippen molar-refractivity contribution >= 4 is 42.3 Å². The lowest BCUT2D eigenvalue weighted by atomic mass is 9.99. The molecule has 14 heteroatoms. The molecule has 13 nitrogen and oxygen atoms in total. The minimum Gasteiger partial charge on any atom is -0.480 e. The first-order valence-corrected chi connectivity index (χ1v) is 12.4. The smallest absolute Gasteiger partial charge is 0.326 e. The number of thiol groups is 1. The normalized spacial score (nSPS) is 15.1. The summed E-state index contributed by atoms with van der Waals surface area (Å²) in [6, 6.07) is -4.08. The van der Waals surface area contributed by atoms with Gasteiger partial charge < -0.3 is 44.0 Å². The zero-order valence-corrected chi connectivity index (χ0v) is 21.4. The van der Waals surface area contributed by atoms with Crippen molar-refractivity contribution < 1.29 is 24.3 Å². The van der Waals surface area contributed by atoms with Crippen molar-refractivity contribution in [3.63, 3.8) is 0 Å². The van der Waals surface area contributed by atoms with E-state index in [-0.39, 0.29) is 30.6 Å². The molecule has 0 saturated carbocycles. The minimum atomic E-state index is -1.18. The van der Waals surface area contributed by atoms with Gasteiger partial charge in [-0.25, -0.2) is 4.79 Å². The SMILES string of the molecule is CCC(C)C(NC(=O)C(CS)NC(=O)C(CCCN=C(N)N)NC(=O)C(N)CCCCN)C(=O)O. The third-order valence-corrected chi connectivity index (χ3v) is 5.84. The van der Waals surface area contributed by atoms with Crippen LogP contribution in [-0.4, -0.2) is 77.8 Å². The second-order valence-corrected chi connectivity index (χ2v) is 8.72. The van der Waals surface area contributed by atoms with Crippen molar-refractivity contribution in [1.82, 2.24) is 16.0 Å². The van der Waals surface area contributed by atoms with Crippen LogP contribution in [0.15, 0.2) is 4.99 Å². The summed E-state index contributed by atoms with van der Waals surface area (Å²) in [5, 5.41) is 17.0. The summed E-state index contributed by atoms with van der Waals surface area (Å²) in [5.41, 5.74) is 22.0. The third-order valence-electron chi connectivity index (χ3n) is 5.48. The molecular weight excluding hydrogens is 476 g/mol. The van der Waals surface area contributed by atoms with Crippen molar-refractivity contribution in [2.45, 2.75) is 76.5 Å². The number of hydrogen-bond acceptors (Lipinski definition) is 8. The van der Waals surface area contributed by atoms with E-state index in [0.717, 1.165) is 6.42 Å². The fourth-order valence-corrected chi connectivity index (χ4v) is 3.35. The molecule has 0 radical (unpaired) electrons. The number of carbonyl (C=O) groups is 4. The number of amides is 3. The van der Waals surface area contributed by atoms with E-state index in [4.69, 9.17) is 22.9 Å². The lowest BCUT2D eigenvalue weighted by Gasteiger charge is -2.26. The summed E-state index contributed by atoms with van der Waals surface area (Å²) < 4.78 is 0. The van der Waals surface area contributed by atoms with Crippen molar-refractivity contribution in [2.24, 2.45) is 33.8 Å². The van der Waals surface area contributed by atoms with E-state index < -0.39 is 47.9 Å². The second-order valence-electron chi connectivity index (χ2n) is 8.35. The molecule has 3 amide bonds. The Morgan fingerprint density at radius 2 is 1.54 bits per heavy atom. The van der Waals surface area contributed by atoms with Gasteiger partial charge in [-0.05, 0) is 38.1 Å². The zero-order chi connectivity index (χ0) is 27.0. The molecule has 0 spiro atoms. The number of aliphatic carboxylic acids is 1. The van der Waals surface area contributed by atoms with Crippen LogP contribution in [0, 0.1) is 5.92 Å². The van der Waals surface area contributed by atoms with Gasteiger partial charge in [0.25, 0.3) is 0 Å². The Morgan fingerprint density at radius 1 is 0.943 bits per heavy atom. The van der Waals surface area contributed by atoms with Gasteiger partial charge in [0, 0.05) is 12.3 Å². The maximum Gasteiger partial charge on any atom is 0.326 e. The summed E-state index contributed by atoms with van der Waals surface area (Å²) in [5.74, 6) is -3.53. The van der Waals surface area contributed by atoms with Crippen LogP contribution in [-0.2, 0) is 19.2 Å². The minimum absolute atomic E-state index is 0.0856.